The molecule has 4 heteroatoms. The van der Waals surface area contributed by atoms with Crippen molar-refractivity contribution >= 4 is 15.7 Å². The van der Waals surface area contributed by atoms with Crippen molar-refractivity contribution < 1.29 is 10.2 Å². The van der Waals surface area contributed by atoms with Gasteiger partial charge in [-0.25, -0.2) is 0 Å². The second-order valence-electron chi connectivity index (χ2n) is 2.19. The summed E-state index contributed by atoms with van der Waals surface area (Å²) in [5.41, 5.74) is 0. The molecule has 0 aliphatic heterocycles. The van der Waals surface area contributed by atoms with E-state index < -0.39 is 11.9 Å². The van der Waals surface area contributed by atoms with Gasteiger partial charge in [-0.05, 0) is 0 Å². The molecule has 0 aliphatic carbocycles. The minimum Gasteiger partial charge on any atom is -0.394 e. The van der Waals surface area contributed by atoms with Gasteiger partial charge in [0.25, 0.3) is 0 Å². The molecule has 0 aromatic heterocycles. The Kier molecular flexibility index (Phi) is 3.98. The van der Waals surface area contributed by atoms with Crippen molar-refractivity contribution in [2.45, 2.75) is 24.7 Å². The second-order valence-corrected chi connectivity index (χ2v) is 2.19. The molecule has 0 bridgehead atoms. The number of hydrogen-bond acceptors (Lipinski definition) is 2. The van der Waals surface area contributed by atoms with E-state index in [-0.39, 0.29) is 12.4 Å². The molecule has 0 fully saturated rings. The normalized spacial score (nSPS) is 20.8. The molecule has 0 saturated carbocycles. The maximum Gasteiger partial charge on any atom is 0.0729 e. The van der Waals surface area contributed by atoms with Gasteiger partial charge < -0.3 is 10.2 Å². The lowest BCUT2D eigenvalue weighted by atomic mass is 9.65. The van der Waals surface area contributed by atoms with Crippen LogP contribution in [0.25, 0.3) is 0 Å². The van der Waals surface area contributed by atoms with Crippen LogP contribution >= 0.6 is 0 Å². The van der Waals surface area contributed by atoms with Crippen LogP contribution in [0.3, 0.4) is 0 Å². The van der Waals surface area contributed by atoms with Gasteiger partial charge in [0, 0.05) is 0 Å². The highest BCUT2D eigenvalue weighted by Gasteiger charge is 2.14. The zero-order valence-corrected chi connectivity index (χ0v) is 5.49. The van der Waals surface area contributed by atoms with Gasteiger partial charge in [0.1, 0.15) is 0 Å². The predicted octanol–water partition coefficient (Wildman–Crippen LogP) is -0.727. The summed E-state index contributed by atoms with van der Waals surface area (Å²) >= 11 is 0. The summed E-state index contributed by atoms with van der Waals surface area (Å²) in [6.07, 6.45) is -0.898. The summed E-state index contributed by atoms with van der Waals surface area (Å²) in [5.74, 6) is -0.817. The zero-order valence-electron chi connectivity index (χ0n) is 5.49. The standard InChI is InChI=1S/C5H10B2O2/c1-3(6)5(7)4(9)2-8/h3-5,8-9H,2H2,1H3/t3?,4?,5-/m0/s1. The Bertz CT molecular complexity index is 77.4. The van der Waals surface area contributed by atoms with E-state index in [1.165, 1.54) is 0 Å². The van der Waals surface area contributed by atoms with E-state index in [0.29, 0.717) is 0 Å². The summed E-state index contributed by atoms with van der Waals surface area (Å²) in [6.45, 7) is 1.35. The molecule has 0 saturated heterocycles. The summed E-state index contributed by atoms with van der Waals surface area (Å²) < 4.78 is 0. The van der Waals surface area contributed by atoms with Crippen LogP contribution in [0.1, 0.15) is 6.92 Å². The molecule has 9 heavy (non-hydrogen) atoms. The second kappa shape index (κ2) is 3.96. The van der Waals surface area contributed by atoms with Crippen LogP contribution in [-0.2, 0) is 0 Å². The van der Waals surface area contributed by atoms with Crippen LogP contribution in [-0.4, -0.2) is 38.6 Å². The largest absolute Gasteiger partial charge is 0.394 e. The summed E-state index contributed by atoms with van der Waals surface area (Å²) in [7, 11) is 10.7. The summed E-state index contributed by atoms with van der Waals surface area (Å²) in [6, 6.07) is 0. The van der Waals surface area contributed by atoms with Gasteiger partial charge in [0.15, 0.2) is 0 Å². The minimum atomic E-state index is -0.898. The van der Waals surface area contributed by atoms with Crippen molar-refractivity contribution in [3.05, 3.63) is 0 Å². The minimum absolute atomic E-state index is 0.285. The third kappa shape index (κ3) is 2.92. The van der Waals surface area contributed by atoms with Crippen molar-refractivity contribution in [2.24, 2.45) is 0 Å². The molecule has 0 rings (SSSR count). The Labute approximate surface area is 58.1 Å². The highest BCUT2D eigenvalue weighted by atomic mass is 16.3. The Morgan fingerprint density at radius 1 is 1.44 bits per heavy atom. The number of rotatable bonds is 3. The smallest absolute Gasteiger partial charge is 0.0729 e. The molecule has 2 N–H and O–H groups in total. The molecule has 0 amide bonds. The summed E-state index contributed by atoms with van der Waals surface area (Å²) in [5, 5.41) is 17.2. The molecule has 0 aromatic rings. The third-order valence-electron chi connectivity index (χ3n) is 1.24. The maximum absolute atomic E-state index is 8.84. The van der Waals surface area contributed by atoms with E-state index in [1.807, 2.05) is 0 Å². The van der Waals surface area contributed by atoms with Gasteiger partial charge in [0.05, 0.1) is 28.4 Å². The van der Waals surface area contributed by atoms with Crippen LogP contribution in [0.4, 0.5) is 0 Å². The van der Waals surface area contributed by atoms with E-state index in [9.17, 15) is 0 Å². The van der Waals surface area contributed by atoms with E-state index in [1.54, 1.807) is 6.92 Å². The fraction of sp³-hybridized carbons (Fsp3) is 1.00. The predicted molar refractivity (Wildman–Crippen MR) is 37.8 cm³/mol. The summed E-state index contributed by atoms with van der Waals surface area (Å²) in [4.78, 5) is 0. The fourth-order valence-electron chi connectivity index (χ4n) is 0.472. The lowest BCUT2D eigenvalue weighted by Crippen LogP contribution is -2.22. The monoisotopic (exact) mass is 124 g/mol. The number of hydrogen-bond donors (Lipinski definition) is 2. The van der Waals surface area contributed by atoms with Crippen molar-refractivity contribution in [2.75, 3.05) is 6.61 Å². The van der Waals surface area contributed by atoms with Gasteiger partial charge >= 0.3 is 0 Å². The molecule has 48 valence electrons. The molecular formula is C5H10B2O2. The molecule has 2 unspecified atom stereocenters. The maximum atomic E-state index is 8.84. The Hall–Kier alpha value is 0.0499. The van der Waals surface area contributed by atoms with Crippen LogP contribution in [0.2, 0.25) is 11.6 Å². The van der Waals surface area contributed by atoms with Crippen molar-refractivity contribution in [3.63, 3.8) is 0 Å². The molecule has 3 atom stereocenters. The first-order valence-electron chi connectivity index (χ1n) is 2.89. The lowest BCUT2D eigenvalue weighted by Gasteiger charge is -2.20. The quantitative estimate of drug-likeness (QED) is 0.487. The average Bonchev–Trinajstić information content (AvgIpc) is 1.84. The first-order valence-corrected chi connectivity index (χ1v) is 2.89. The van der Waals surface area contributed by atoms with Crippen LogP contribution < -0.4 is 0 Å². The fourth-order valence-corrected chi connectivity index (χ4v) is 0.472. The van der Waals surface area contributed by atoms with E-state index in [4.69, 9.17) is 25.9 Å². The van der Waals surface area contributed by atoms with Gasteiger partial charge in [-0.3, -0.25) is 0 Å². The first kappa shape index (κ1) is 9.05. The van der Waals surface area contributed by atoms with Crippen molar-refractivity contribution in [1.29, 1.82) is 0 Å². The third-order valence-corrected chi connectivity index (χ3v) is 1.24. The van der Waals surface area contributed by atoms with Crippen molar-refractivity contribution in [1.82, 2.24) is 0 Å². The Morgan fingerprint density at radius 2 is 1.89 bits per heavy atom. The van der Waals surface area contributed by atoms with Gasteiger partial charge in [0.2, 0.25) is 0 Å². The van der Waals surface area contributed by atoms with Crippen LogP contribution in [0.15, 0.2) is 0 Å². The van der Waals surface area contributed by atoms with E-state index in [2.05, 4.69) is 0 Å². The molecular weight excluding hydrogens is 114 g/mol. The van der Waals surface area contributed by atoms with Crippen LogP contribution in [0, 0.1) is 0 Å². The molecule has 0 aromatic carbocycles. The highest BCUT2D eigenvalue weighted by Crippen LogP contribution is 2.19. The lowest BCUT2D eigenvalue weighted by molar-refractivity contribution is 0.0887. The molecule has 4 radical (unpaired) electrons. The van der Waals surface area contributed by atoms with Crippen LogP contribution in [0.5, 0.6) is 0 Å². The Morgan fingerprint density at radius 3 is 2.00 bits per heavy atom. The highest BCUT2D eigenvalue weighted by molar-refractivity contribution is 6.21. The molecule has 2 nitrogen and oxygen atoms in total. The molecule has 0 spiro atoms. The van der Waals surface area contributed by atoms with Gasteiger partial charge in [-0.15, -0.1) is 0 Å². The van der Waals surface area contributed by atoms with E-state index in [0.717, 1.165) is 0 Å². The molecule has 0 heterocycles. The van der Waals surface area contributed by atoms with E-state index >= 15 is 0 Å². The first-order chi connectivity index (χ1) is 4.09. The number of aliphatic hydroxyl groups is 2. The SMILES string of the molecule is [B]C(C)[C@H]([B])C(O)CO. The average molecular weight is 124 g/mol. The topological polar surface area (TPSA) is 40.5 Å². The zero-order chi connectivity index (χ0) is 7.44. The Balaban J connectivity index is 3.58. The number of aliphatic hydroxyl groups excluding tert-OH is 2. The molecule has 0 aliphatic rings. The van der Waals surface area contributed by atoms with Gasteiger partial charge in [-0.1, -0.05) is 18.6 Å². The van der Waals surface area contributed by atoms with Crippen molar-refractivity contribution in [3.8, 4) is 0 Å². The van der Waals surface area contributed by atoms with Gasteiger partial charge in [-0.2, -0.15) is 0 Å².